The SMILES string of the molecule is Cc1cccnc1CC1(C(C)O)CC1. The first-order valence-corrected chi connectivity index (χ1v) is 5.23. The van der Waals surface area contributed by atoms with Crippen LogP contribution in [-0.4, -0.2) is 16.2 Å². The zero-order valence-electron chi connectivity index (χ0n) is 8.83. The van der Waals surface area contributed by atoms with Crippen LogP contribution in [-0.2, 0) is 6.42 Å². The van der Waals surface area contributed by atoms with Crippen molar-refractivity contribution in [3.63, 3.8) is 0 Å². The van der Waals surface area contributed by atoms with Crippen LogP contribution >= 0.6 is 0 Å². The molecule has 1 N–H and O–H groups in total. The molecular weight excluding hydrogens is 174 g/mol. The highest BCUT2D eigenvalue weighted by Crippen LogP contribution is 2.51. The van der Waals surface area contributed by atoms with Crippen LogP contribution < -0.4 is 0 Å². The van der Waals surface area contributed by atoms with Gasteiger partial charge in [0, 0.05) is 17.3 Å². The molecule has 2 nitrogen and oxygen atoms in total. The fourth-order valence-electron chi connectivity index (χ4n) is 1.94. The summed E-state index contributed by atoms with van der Waals surface area (Å²) < 4.78 is 0. The molecule has 1 aromatic heterocycles. The van der Waals surface area contributed by atoms with Crippen molar-refractivity contribution < 1.29 is 5.11 Å². The Morgan fingerprint density at radius 1 is 1.57 bits per heavy atom. The van der Waals surface area contributed by atoms with Crippen molar-refractivity contribution in [2.24, 2.45) is 5.41 Å². The largest absolute Gasteiger partial charge is 0.393 e. The number of pyridine rings is 1. The maximum atomic E-state index is 9.67. The highest BCUT2D eigenvalue weighted by Gasteiger charge is 2.47. The molecule has 1 aliphatic rings. The van der Waals surface area contributed by atoms with Crippen molar-refractivity contribution in [2.75, 3.05) is 0 Å². The molecule has 0 aromatic carbocycles. The Hall–Kier alpha value is -0.890. The third-order valence-electron chi connectivity index (χ3n) is 3.42. The van der Waals surface area contributed by atoms with Crippen LogP contribution in [0.15, 0.2) is 18.3 Å². The van der Waals surface area contributed by atoms with E-state index in [1.165, 1.54) is 5.56 Å². The van der Waals surface area contributed by atoms with Crippen molar-refractivity contribution in [2.45, 2.75) is 39.2 Å². The van der Waals surface area contributed by atoms with E-state index in [0.717, 1.165) is 25.0 Å². The molecule has 1 atom stereocenters. The van der Waals surface area contributed by atoms with E-state index in [4.69, 9.17) is 0 Å². The molecule has 1 aliphatic carbocycles. The van der Waals surface area contributed by atoms with Gasteiger partial charge in [0.2, 0.25) is 0 Å². The van der Waals surface area contributed by atoms with Gasteiger partial charge in [-0.05, 0) is 44.7 Å². The summed E-state index contributed by atoms with van der Waals surface area (Å²) >= 11 is 0. The van der Waals surface area contributed by atoms with Gasteiger partial charge in [-0.1, -0.05) is 6.07 Å². The van der Waals surface area contributed by atoms with Gasteiger partial charge in [-0.2, -0.15) is 0 Å². The molecule has 0 radical (unpaired) electrons. The van der Waals surface area contributed by atoms with E-state index in [9.17, 15) is 5.11 Å². The van der Waals surface area contributed by atoms with Gasteiger partial charge in [0.25, 0.3) is 0 Å². The molecule has 2 rings (SSSR count). The molecule has 2 heteroatoms. The van der Waals surface area contributed by atoms with Crippen LogP contribution in [0, 0.1) is 12.3 Å². The van der Waals surface area contributed by atoms with Crippen molar-refractivity contribution >= 4 is 0 Å². The first-order chi connectivity index (χ1) is 6.64. The lowest BCUT2D eigenvalue weighted by Crippen LogP contribution is -2.21. The maximum absolute atomic E-state index is 9.67. The second kappa shape index (κ2) is 3.35. The molecule has 0 saturated heterocycles. The van der Waals surface area contributed by atoms with Crippen LogP contribution in [0.3, 0.4) is 0 Å². The average Bonchev–Trinajstić information content (AvgIpc) is 2.90. The lowest BCUT2D eigenvalue weighted by atomic mass is 9.93. The lowest BCUT2D eigenvalue weighted by Gasteiger charge is -2.18. The topological polar surface area (TPSA) is 33.1 Å². The summed E-state index contributed by atoms with van der Waals surface area (Å²) in [5, 5.41) is 9.67. The van der Waals surface area contributed by atoms with Crippen LogP contribution in [0.25, 0.3) is 0 Å². The molecule has 0 aliphatic heterocycles. The van der Waals surface area contributed by atoms with Gasteiger partial charge in [0.1, 0.15) is 0 Å². The number of hydrogen-bond acceptors (Lipinski definition) is 2. The quantitative estimate of drug-likeness (QED) is 0.793. The smallest absolute Gasteiger partial charge is 0.0572 e. The van der Waals surface area contributed by atoms with Gasteiger partial charge in [-0.3, -0.25) is 4.98 Å². The van der Waals surface area contributed by atoms with Gasteiger partial charge < -0.3 is 5.11 Å². The van der Waals surface area contributed by atoms with Crippen LogP contribution in [0.5, 0.6) is 0 Å². The van der Waals surface area contributed by atoms with Crippen LogP contribution in [0.4, 0.5) is 0 Å². The fraction of sp³-hybridized carbons (Fsp3) is 0.583. The van der Waals surface area contributed by atoms with Crippen molar-refractivity contribution in [1.82, 2.24) is 4.98 Å². The molecule has 0 bridgehead atoms. The summed E-state index contributed by atoms with van der Waals surface area (Å²) in [5.41, 5.74) is 2.52. The number of aryl methyl sites for hydroxylation is 1. The summed E-state index contributed by atoms with van der Waals surface area (Å²) in [6.07, 6.45) is 4.84. The van der Waals surface area contributed by atoms with E-state index in [0.29, 0.717) is 0 Å². The highest BCUT2D eigenvalue weighted by molar-refractivity contribution is 5.21. The predicted octanol–water partition coefficient (Wildman–Crippen LogP) is 2.09. The Labute approximate surface area is 85.0 Å². The minimum absolute atomic E-state index is 0.138. The van der Waals surface area contributed by atoms with E-state index in [1.807, 2.05) is 19.2 Å². The summed E-state index contributed by atoms with van der Waals surface area (Å²) in [6, 6.07) is 4.04. The van der Waals surface area contributed by atoms with Gasteiger partial charge in [-0.15, -0.1) is 0 Å². The number of aliphatic hydroxyl groups excluding tert-OH is 1. The molecule has 14 heavy (non-hydrogen) atoms. The molecule has 0 amide bonds. The van der Waals surface area contributed by atoms with E-state index < -0.39 is 0 Å². The number of nitrogens with zero attached hydrogens (tertiary/aromatic N) is 1. The maximum Gasteiger partial charge on any atom is 0.0572 e. The number of aliphatic hydroxyl groups is 1. The molecular formula is C12H17NO. The van der Waals surface area contributed by atoms with Crippen LogP contribution in [0.2, 0.25) is 0 Å². The van der Waals surface area contributed by atoms with Crippen molar-refractivity contribution in [3.05, 3.63) is 29.6 Å². The highest BCUT2D eigenvalue weighted by atomic mass is 16.3. The summed E-state index contributed by atoms with van der Waals surface area (Å²) in [6.45, 7) is 3.98. The molecule has 0 spiro atoms. The molecule has 1 saturated carbocycles. The second-order valence-corrected chi connectivity index (χ2v) is 4.48. The third-order valence-corrected chi connectivity index (χ3v) is 3.42. The summed E-state index contributed by atoms with van der Waals surface area (Å²) in [4.78, 5) is 4.37. The Kier molecular flexibility index (Phi) is 2.31. The zero-order chi connectivity index (χ0) is 10.2. The molecule has 1 aromatic rings. The first kappa shape index (κ1) is 9.66. The monoisotopic (exact) mass is 191 g/mol. The van der Waals surface area contributed by atoms with E-state index >= 15 is 0 Å². The Morgan fingerprint density at radius 3 is 2.79 bits per heavy atom. The van der Waals surface area contributed by atoms with Crippen molar-refractivity contribution in [3.8, 4) is 0 Å². The lowest BCUT2D eigenvalue weighted by molar-refractivity contribution is 0.110. The molecule has 1 fully saturated rings. The Balaban J connectivity index is 2.15. The third kappa shape index (κ3) is 1.67. The molecule has 1 unspecified atom stereocenters. The standard InChI is InChI=1S/C12H17NO/c1-9-4-3-7-13-11(9)8-12(5-6-12)10(2)14/h3-4,7,10,14H,5-6,8H2,1-2H3. The zero-order valence-corrected chi connectivity index (χ0v) is 8.83. The minimum Gasteiger partial charge on any atom is -0.393 e. The van der Waals surface area contributed by atoms with Gasteiger partial charge in [0.15, 0.2) is 0 Å². The number of aromatic nitrogens is 1. The normalized spacial score (nSPS) is 20.5. The van der Waals surface area contributed by atoms with Crippen molar-refractivity contribution in [1.29, 1.82) is 0 Å². The summed E-state index contributed by atoms with van der Waals surface area (Å²) in [7, 11) is 0. The molecule has 76 valence electrons. The Bertz CT molecular complexity index is 329. The number of hydrogen-bond donors (Lipinski definition) is 1. The average molecular weight is 191 g/mol. The van der Waals surface area contributed by atoms with Crippen LogP contribution in [0.1, 0.15) is 31.0 Å². The van der Waals surface area contributed by atoms with E-state index in [2.05, 4.69) is 18.0 Å². The van der Waals surface area contributed by atoms with Gasteiger partial charge in [-0.25, -0.2) is 0 Å². The Morgan fingerprint density at radius 2 is 2.29 bits per heavy atom. The van der Waals surface area contributed by atoms with Gasteiger partial charge in [0.05, 0.1) is 6.10 Å². The van der Waals surface area contributed by atoms with E-state index in [-0.39, 0.29) is 11.5 Å². The molecule has 1 heterocycles. The first-order valence-electron chi connectivity index (χ1n) is 5.23. The predicted molar refractivity (Wildman–Crippen MR) is 56.0 cm³/mol. The van der Waals surface area contributed by atoms with Gasteiger partial charge >= 0.3 is 0 Å². The number of rotatable bonds is 3. The fourth-order valence-corrected chi connectivity index (χ4v) is 1.94. The summed E-state index contributed by atoms with van der Waals surface area (Å²) in [5.74, 6) is 0. The second-order valence-electron chi connectivity index (χ2n) is 4.48. The van der Waals surface area contributed by atoms with E-state index in [1.54, 1.807) is 0 Å². The minimum atomic E-state index is -0.205.